The van der Waals surface area contributed by atoms with Crippen LogP contribution in [0.25, 0.3) is 0 Å². The van der Waals surface area contributed by atoms with Gasteiger partial charge in [0.05, 0.1) is 0 Å². The van der Waals surface area contributed by atoms with Gasteiger partial charge in [-0.25, -0.2) is 0 Å². The highest BCUT2D eigenvalue weighted by Crippen LogP contribution is 2.19. The first-order valence-electron chi connectivity index (χ1n) is 8.81. The first kappa shape index (κ1) is 18.4. The lowest BCUT2D eigenvalue weighted by Gasteiger charge is -2.11. The van der Waals surface area contributed by atoms with Crippen molar-refractivity contribution in [3.8, 4) is 0 Å². The van der Waals surface area contributed by atoms with E-state index >= 15 is 0 Å². The SMILES string of the molecule is CCc1cc(CCN)cc(C(=O)c2cc(CC)cc(CCN)c2)c1. The van der Waals surface area contributed by atoms with Crippen LogP contribution in [0.3, 0.4) is 0 Å². The van der Waals surface area contributed by atoms with E-state index in [2.05, 4.69) is 26.0 Å². The third-order valence-electron chi connectivity index (χ3n) is 4.31. The molecule has 2 aromatic carbocycles. The summed E-state index contributed by atoms with van der Waals surface area (Å²) in [6.45, 7) is 5.39. The fourth-order valence-electron chi connectivity index (χ4n) is 2.98. The highest BCUT2D eigenvalue weighted by Gasteiger charge is 2.13. The van der Waals surface area contributed by atoms with Gasteiger partial charge in [-0.05, 0) is 85.3 Å². The van der Waals surface area contributed by atoms with Crippen LogP contribution in [0.15, 0.2) is 36.4 Å². The molecule has 24 heavy (non-hydrogen) atoms. The molecule has 0 aromatic heterocycles. The molecule has 0 aliphatic carbocycles. The summed E-state index contributed by atoms with van der Waals surface area (Å²) in [7, 11) is 0. The van der Waals surface area contributed by atoms with E-state index in [1.165, 1.54) is 11.1 Å². The molecule has 128 valence electrons. The van der Waals surface area contributed by atoms with Crippen molar-refractivity contribution in [2.75, 3.05) is 13.1 Å². The Kier molecular flexibility index (Phi) is 6.71. The minimum absolute atomic E-state index is 0.0807. The van der Waals surface area contributed by atoms with Gasteiger partial charge in [-0.2, -0.15) is 0 Å². The number of benzene rings is 2. The summed E-state index contributed by atoms with van der Waals surface area (Å²) in [5.74, 6) is 0.0807. The highest BCUT2D eigenvalue weighted by atomic mass is 16.1. The molecule has 0 saturated heterocycles. The molecule has 3 nitrogen and oxygen atoms in total. The van der Waals surface area contributed by atoms with Crippen molar-refractivity contribution in [3.05, 3.63) is 69.8 Å². The van der Waals surface area contributed by atoms with Crippen molar-refractivity contribution >= 4 is 5.78 Å². The Hall–Kier alpha value is -1.97. The topological polar surface area (TPSA) is 69.1 Å². The molecule has 0 saturated carbocycles. The Morgan fingerprint density at radius 3 is 1.42 bits per heavy atom. The van der Waals surface area contributed by atoms with Gasteiger partial charge in [-0.3, -0.25) is 4.79 Å². The maximum atomic E-state index is 13.0. The number of carbonyl (C=O) groups excluding carboxylic acids is 1. The summed E-state index contributed by atoms with van der Waals surface area (Å²) in [5, 5.41) is 0. The lowest BCUT2D eigenvalue weighted by Crippen LogP contribution is -2.09. The largest absolute Gasteiger partial charge is 0.330 e. The molecule has 0 atom stereocenters. The van der Waals surface area contributed by atoms with Crippen molar-refractivity contribution in [1.82, 2.24) is 0 Å². The van der Waals surface area contributed by atoms with Crippen LogP contribution < -0.4 is 11.5 Å². The number of carbonyl (C=O) groups is 1. The Balaban J connectivity index is 2.43. The van der Waals surface area contributed by atoms with Gasteiger partial charge in [0.25, 0.3) is 0 Å². The second kappa shape index (κ2) is 8.76. The molecule has 0 bridgehead atoms. The summed E-state index contributed by atoms with van der Waals surface area (Å²) in [6, 6.07) is 12.3. The van der Waals surface area contributed by atoms with Gasteiger partial charge in [0, 0.05) is 11.1 Å². The van der Waals surface area contributed by atoms with Crippen LogP contribution in [-0.4, -0.2) is 18.9 Å². The number of hydrogen-bond donors (Lipinski definition) is 2. The quantitative estimate of drug-likeness (QED) is 0.733. The zero-order chi connectivity index (χ0) is 17.5. The zero-order valence-electron chi connectivity index (χ0n) is 14.8. The van der Waals surface area contributed by atoms with Crippen molar-refractivity contribution in [2.45, 2.75) is 39.5 Å². The molecule has 3 heteroatoms. The fourth-order valence-corrected chi connectivity index (χ4v) is 2.98. The molecule has 0 unspecified atom stereocenters. The van der Waals surface area contributed by atoms with E-state index in [0.717, 1.165) is 47.9 Å². The van der Waals surface area contributed by atoms with Crippen LogP contribution in [-0.2, 0) is 25.7 Å². The lowest BCUT2D eigenvalue weighted by molar-refractivity contribution is 0.103. The van der Waals surface area contributed by atoms with E-state index in [-0.39, 0.29) is 5.78 Å². The van der Waals surface area contributed by atoms with E-state index in [1.54, 1.807) is 0 Å². The molecule has 0 aliphatic rings. The number of nitrogens with two attached hydrogens (primary N) is 2. The van der Waals surface area contributed by atoms with Crippen molar-refractivity contribution in [3.63, 3.8) is 0 Å². The monoisotopic (exact) mass is 324 g/mol. The van der Waals surface area contributed by atoms with Crippen LogP contribution in [0.5, 0.6) is 0 Å². The van der Waals surface area contributed by atoms with Crippen LogP contribution >= 0.6 is 0 Å². The average molecular weight is 324 g/mol. The fraction of sp³-hybridized carbons (Fsp3) is 0.381. The maximum Gasteiger partial charge on any atom is 0.193 e. The second-order valence-electron chi connectivity index (χ2n) is 6.19. The molecule has 0 fully saturated rings. The molecule has 2 aromatic rings. The first-order valence-corrected chi connectivity index (χ1v) is 8.81. The van der Waals surface area contributed by atoms with Gasteiger partial charge >= 0.3 is 0 Å². The summed E-state index contributed by atoms with van der Waals surface area (Å²) in [5.41, 5.74) is 17.5. The van der Waals surface area contributed by atoms with Crippen molar-refractivity contribution in [1.29, 1.82) is 0 Å². The predicted molar refractivity (Wildman–Crippen MR) is 101 cm³/mol. The predicted octanol–water partition coefficient (Wildman–Crippen LogP) is 3.04. The third-order valence-corrected chi connectivity index (χ3v) is 4.31. The molecular weight excluding hydrogens is 296 g/mol. The summed E-state index contributed by atoms with van der Waals surface area (Å²) in [6.07, 6.45) is 3.40. The Bertz CT molecular complexity index is 647. The number of ketones is 1. The van der Waals surface area contributed by atoms with Gasteiger partial charge in [0.2, 0.25) is 0 Å². The molecule has 0 spiro atoms. The maximum absolute atomic E-state index is 13.0. The summed E-state index contributed by atoms with van der Waals surface area (Å²) >= 11 is 0. The van der Waals surface area contributed by atoms with Gasteiger partial charge in [-0.1, -0.05) is 26.0 Å². The molecule has 0 amide bonds. The molecule has 0 radical (unpaired) electrons. The minimum Gasteiger partial charge on any atom is -0.330 e. The van der Waals surface area contributed by atoms with Crippen LogP contribution in [0.1, 0.15) is 52.0 Å². The van der Waals surface area contributed by atoms with Crippen LogP contribution in [0.4, 0.5) is 0 Å². The van der Waals surface area contributed by atoms with Crippen LogP contribution in [0, 0.1) is 0 Å². The normalized spacial score (nSPS) is 10.8. The molecular formula is C21H28N2O. The number of aryl methyl sites for hydroxylation is 2. The molecule has 0 heterocycles. The van der Waals surface area contributed by atoms with Gasteiger partial charge < -0.3 is 11.5 Å². The molecule has 4 N–H and O–H groups in total. The van der Waals surface area contributed by atoms with Gasteiger partial charge in [-0.15, -0.1) is 0 Å². The van der Waals surface area contributed by atoms with E-state index in [4.69, 9.17) is 11.5 Å². The highest BCUT2D eigenvalue weighted by molar-refractivity contribution is 6.09. The first-order chi connectivity index (χ1) is 11.6. The Labute approximate surface area is 145 Å². The second-order valence-corrected chi connectivity index (χ2v) is 6.19. The van der Waals surface area contributed by atoms with Gasteiger partial charge in [0.15, 0.2) is 5.78 Å². The van der Waals surface area contributed by atoms with E-state index in [1.807, 2.05) is 24.3 Å². The molecule has 0 aliphatic heterocycles. The zero-order valence-corrected chi connectivity index (χ0v) is 14.8. The Morgan fingerprint density at radius 2 is 1.08 bits per heavy atom. The standard InChI is InChI=1S/C21H28N2O/c1-3-15-9-17(5-7-22)13-19(11-15)21(24)20-12-16(4-2)10-18(14-20)6-8-23/h9-14H,3-8,22-23H2,1-2H3. The molecule has 2 rings (SSSR count). The minimum atomic E-state index is 0.0807. The summed E-state index contributed by atoms with van der Waals surface area (Å²) in [4.78, 5) is 13.0. The van der Waals surface area contributed by atoms with Gasteiger partial charge in [0.1, 0.15) is 0 Å². The lowest BCUT2D eigenvalue weighted by atomic mass is 9.93. The van der Waals surface area contributed by atoms with Crippen molar-refractivity contribution in [2.24, 2.45) is 11.5 Å². The number of rotatable bonds is 8. The smallest absolute Gasteiger partial charge is 0.193 e. The van der Waals surface area contributed by atoms with E-state index < -0.39 is 0 Å². The van der Waals surface area contributed by atoms with E-state index in [0.29, 0.717) is 13.1 Å². The third kappa shape index (κ3) is 4.53. The number of hydrogen-bond acceptors (Lipinski definition) is 3. The average Bonchev–Trinajstić information content (AvgIpc) is 2.61. The van der Waals surface area contributed by atoms with Crippen LogP contribution in [0.2, 0.25) is 0 Å². The van der Waals surface area contributed by atoms with E-state index in [9.17, 15) is 4.79 Å². The summed E-state index contributed by atoms with van der Waals surface area (Å²) < 4.78 is 0. The van der Waals surface area contributed by atoms with Crippen molar-refractivity contribution < 1.29 is 4.79 Å². The Morgan fingerprint density at radius 1 is 0.708 bits per heavy atom.